The normalized spacial score (nSPS) is 13.9. The Morgan fingerprint density at radius 1 is 0.304 bits per heavy atom. The van der Waals surface area contributed by atoms with Gasteiger partial charge in [-0.15, -0.1) is 0 Å². The topological polar surface area (TPSA) is 14.1 Å². The van der Waals surface area contributed by atoms with E-state index in [-0.39, 0.29) is 0 Å². The predicted octanol–water partition coefficient (Wildman–Crippen LogP) is 17.3. The van der Waals surface area contributed by atoms with Crippen LogP contribution in [-0.4, -0.2) is 37.0 Å². The molecule has 0 saturated heterocycles. The maximum absolute atomic E-state index is 10.7. The Bertz CT molecular complexity index is 686. The van der Waals surface area contributed by atoms with Gasteiger partial charge in [0.25, 0.3) is 0 Å². The third-order valence-corrected chi connectivity index (χ3v) is 18.9. The van der Waals surface area contributed by atoms with Crippen LogP contribution in [0.15, 0.2) is 0 Å². The first kappa shape index (κ1) is 48.7. The molecule has 0 radical (unpaired) electrons. The fraction of sp³-hybridized carbons (Fsp3) is 1.00. The summed E-state index contributed by atoms with van der Waals surface area (Å²) in [7, 11) is -13.1. The second-order valence-electron chi connectivity index (χ2n) is 13.9. The molecule has 0 N–H and O–H groups in total. The van der Waals surface area contributed by atoms with Crippen LogP contribution < -0.4 is 4.17 Å². The summed E-state index contributed by atoms with van der Waals surface area (Å²) in [5, 5.41) is 0. The van der Waals surface area contributed by atoms with E-state index >= 15 is 0 Å². The Hall–Kier alpha value is 0.580. The van der Waals surface area contributed by atoms with Crippen molar-refractivity contribution in [1.82, 2.24) is 4.17 Å². The Kier molecular flexibility index (Phi) is 27.9. The van der Waals surface area contributed by atoms with Crippen LogP contribution in [0.4, 0.5) is 25.2 Å². The van der Waals surface area contributed by atoms with Gasteiger partial charge >= 0.3 is 33.0 Å². The molecule has 1 nitrogen and oxygen atoms in total. The Labute approximate surface area is 283 Å². The third-order valence-electron chi connectivity index (χ3n) is 8.95. The van der Waals surface area contributed by atoms with Crippen molar-refractivity contribution in [3.63, 3.8) is 0 Å². The van der Waals surface area contributed by atoms with Crippen molar-refractivity contribution in [3.05, 3.63) is 0 Å². The third kappa shape index (κ3) is 35.9. The number of unbranched alkanes of at least 4 members (excludes halogenated alkanes) is 18. The molecule has 0 aromatic rings. The van der Waals surface area contributed by atoms with E-state index in [1.165, 1.54) is 191 Å². The summed E-state index contributed by atoms with van der Waals surface area (Å²) in [4.78, 5) is 0. The molecule has 10 heteroatoms. The molecular formula is C36H78F6NP3. The standard InChI is InChI=1S/C36H78NP2.F6P/c1-7-13-19-25-31-38(32-26-20-14-8-2,33-27-21-15-9-3)37-39(34-28-22-16-10-4,35-29-23-17-11-5)36-30-24-18-12-6;1-7(2,3,4,5)6/h7-36H2,1-6H3;/q+1;-1. The molecule has 0 heterocycles. The molecule has 0 saturated carbocycles. The van der Waals surface area contributed by atoms with E-state index in [1.807, 2.05) is 0 Å². The van der Waals surface area contributed by atoms with Crippen LogP contribution in [0.25, 0.3) is 0 Å². The Morgan fingerprint density at radius 3 is 0.587 bits per heavy atom. The summed E-state index contributed by atoms with van der Waals surface area (Å²) < 4.78 is 65.7. The molecule has 46 heavy (non-hydrogen) atoms. The van der Waals surface area contributed by atoms with Gasteiger partial charge in [-0.2, -0.15) is 4.17 Å². The molecule has 0 atom stereocenters. The van der Waals surface area contributed by atoms with Gasteiger partial charge < -0.3 is 0 Å². The van der Waals surface area contributed by atoms with Gasteiger partial charge in [-0.05, 0) is 38.5 Å². The summed E-state index contributed by atoms with van der Waals surface area (Å²) in [6, 6.07) is 0. The quantitative estimate of drug-likeness (QED) is 0.0302. The molecule has 0 bridgehead atoms. The summed E-state index contributed by atoms with van der Waals surface area (Å²) in [6.07, 6.45) is 43.3. The minimum atomic E-state index is -10.7. The van der Waals surface area contributed by atoms with Gasteiger partial charge in [0.15, 0.2) is 0 Å². The summed E-state index contributed by atoms with van der Waals surface area (Å²) in [6.45, 7) is 14.3. The zero-order valence-corrected chi connectivity index (χ0v) is 34.0. The van der Waals surface area contributed by atoms with Crippen LogP contribution in [0.5, 0.6) is 0 Å². The van der Waals surface area contributed by atoms with Crippen LogP contribution in [0.3, 0.4) is 0 Å². The van der Waals surface area contributed by atoms with Crippen LogP contribution in [0, 0.1) is 0 Å². The predicted molar refractivity (Wildman–Crippen MR) is 204 cm³/mol. The molecule has 0 aliphatic rings. The van der Waals surface area contributed by atoms with Crippen molar-refractivity contribution in [1.29, 1.82) is 0 Å². The average Bonchev–Trinajstić information content (AvgIpc) is 2.97. The van der Waals surface area contributed by atoms with Gasteiger partial charge in [0.1, 0.15) is 0 Å². The number of hydrogen-bond acceptors (Lipinski definition) is 0. The van der Waals surface area contributed by atoms with Gasteiger partial charge in [-0.3, -0.25) is 0 Å². The van der Waals surface area contributed by atoms with Gasteiger partial charge in [-0.1, -0.05) is 157 Å². The first-order valence-electron chi connectivity index (χ1n) is 19.6. The molecule has 0 spiro atoms. The van der Waals surface area contributed by atoms with E-state index in [2.05, 4.69) is 41.5 Å². The average molecular weight is 732 g/mol. The van der Waals surface area contributed by atoms with E-state index in [1.54, 1.807) is 0 Å². The number of nitrogens with zero attached hydrogens (tertiary/aromatic N) is 1. The molecule has 284 valence electrons. The van der Waals surface area contributed by atoms with Gasteiger partial charge in [-0.25, -0.2) is 0 Å². The van der Waals surface area contributed by atoms with Crippen LogP contribution in [0.2, 0.25) is 0 Å². The number of rotatable bonds is 30. The second-order valence-corrected chi connectivity index (χ2v) is 23.6. The van der Waals surface area contributed by atoms with E-state index < -0.39 is 21.9 Å². The molecule has 0 rings (SSSR count). The fourth-order valence-corrected chi connectivity index (χ4v) is 17.9. The van der Waals surface area contributed by atoms with Crippen LogP contribution in [-0.2, 0) is 0 Å². The fourth-order valence-electron chi connectivity index (χ4n) is 6.34. The molecule has 0 aromatic heterocycles. The van der Waals surface area contributed by atoms with Crippen molar-refractivity contribution < 1.29 is 25.2 Å². The van der Waals surface area contributed by atoms with E-state index in [4.69, 9.17) is 4.17 Å². The molecule has 0 aliphatic carbocycles. The van der Waals surface area contributed by atoms with Crippen molar-refractivity contribution >= 4 is 21.9 Å². The molecule has 0 aliphatic heterocycles. The maximum atomic E-state index is 9.87. The Morgan fingerprint density at radius 2 is 0.457 bits per heavy atom. The van der Waals surface area contributed by atoms with Crippen molar-refractivity contribution in [2.45, 2.75) is 196 Å². The molecule has 0 amide bonds. The number of hydrogen-bond donors (Lipinski definition) is 0. The minimum absolute atomic E-state index is 1.23. The van der Waals surface area contributed by atoms with Crippen LogP contribution >= 0.6 is 21.9 Å². The molecular weight excluding hydrogens is 653 g/mol. The first-order valence-corrected chi connectivity index (χ1v) is 26.2. The summed E-state index contributed by atoms with van der Waals surface area (Å²) >= 11 is 0. The van der Waals surface area contributed by atoms with E-state index in [0.29, 0.717) is 0 Å². The second kappa shape index (κ2) is 26.4. The van der Waals surface area contributed by atoms with Crippen molar-refractivity contribution in [2.24, 2.45) is 0 Å². The van der Waals surface area contributed by atoms with E-state index in [9.17, 15) is 25.2 Å². The van der Waals surface area contributed by atoms with Gasteiger partial charge in [0.05, 0.1) is 0 Å². The number of halogens is 6. The van der Waals surface area contributed by atoms with Gasteiger partial charge in [0, 0.05) is 37.0 Å². The Balaban J connectivity index is 0. The summed E-state index contributed by atoms with van der Waals surface area (Å²) in [5.74, 6) is 0. The van der Waals surface area contributed by atoms with Crippen LogP contribution in [0.1, 0.15) is 196 Å². The zero-order chi connectivity index (χ0) is 35.3. The summed E-state index contributed by atoms with van der Waals surface area (Å²) in [5.41, 5.74) is 0. The monoisotopic (exact) mass is 732 g/mol. The molecule has 0 unspecified atom stereocenters. The first-order chi connectivity index (χ1) is 21.5. The van der Waals surface area contributed by atoms with E-state index in [0.717, 1.165) is 0 Å². The van der Waals surface area contributed by atoms with Gasteiger partial charge in [0.2, 0.25) is 14.1 Å². The molecule has 0 fully saturated rings. The SMILES string of the molecule is CCCCCCP(CCCCCC)(CCCCCC)=[N+]=P(CCCCCC)(CCCCCC)CCCCCC.F[P-](F)(F)(F)(F)F. The zero-order valence-electron chi connectivity index (χ0n) is 31.3. The van der Waals surface area contributed by atoms with Crippen molar-refractivity contribution in [3.8, 4) is 0 Å². The van der Waals surface area contributed by atoms with Crippen molar-refractivity contribution in [2.75, 3.05) is 37.0 Å². The molecule has 0 aromatic carbocycles.